The molecule has 1 atom stereocenters. The average Bonchev–Trinajstić information content (AvgIpc) is 3.12. The van der Waals surface area contributed by atoms with Gasteiger partial charge in [-0.1, -0.05) is 23.7 Å². The number of aliphatic hydroxyl groups is 1. The molecule has 0 aliphatic carbocycles. The molecule has 2 saturated heterocycles. The number of rotatable bonds is 7. The van der Waals surface area contributed by atoms with Crippen LogP contribution in [0.2, 0.25) is 5.02 Å². The molecule has 0 spiro atoms. The summed E-state index contributed by atoms with van der Waals surface area (Å²) in [6.45, 7) is 3.70. The van der Waals surface area contributed by atoms with Crippen molar-refractivity contribution in [2.24, 2.45) is 0 Å². The smallest absolute Gasteiger partial charge is 0.295 e. The second-order valence-corrected chi connectivity index (χ2v) is 8.51. The second-order valence-electron chi connectivity index (χ2n) is 8.07. The molecule has 1 amide bonds. The molecule has 2 aliphatic heterocycles. The maximum atomic E-state index is 13.2. The lowest BCUT2D eigenvalue weighted by molar-refractivity contribution is -0.140. The predicted molar refractivity (Wildman–Crippen MR) is 127 cm³/mol. The van der Waals surface area contributed by atoms with Crippen molar-refractivity contribution in [3.05, 3.63) is 64.2 Å². The van der Waals surface area contributed by atoms with Crippen LogP contribution < -0.4 is 9.47 Å². The lowest BCUT2D eigenvalue weighted by Crippen LogP contribution is -2.42. The standard InChI is InChI=1S/C25H27ClN2O6/c1-32-19-7-6-17(15-20(19)33-2)23(29)21-22(16-4-3-5-18(26)14-16)28(25(31)24(21)30)9-8-27-10-12-34-13-11-27/h3-7,14-15,22,29H,8-13H2,1-2H3/t22-/m0/s1. The van der Waals surface area contributed by atoms with E-state index in [0.717, 1.165) is 13.1 Å². The Morgan fingerprint density at radius 3 is 2.47 bits per heavy atom. The van der Waals surface area contributed by atoms with Gasteiger partial charge in [0.1, 0.15) is 5.76 Å². The molecule has 2 aromatic carbocycles. The number of carbonyl (C=O) groups excluding carboxylic acids is 2. The maximum Gasteiger partial charge on any atom is 0.295 e. The van der Waals surface area contributed by atoms with E-state index in [1.165, 1.54) is 19.1 Å². The lowest BCUT2D eigenvalue weighted by Gasteiger charge is -2.31. The van der Waals surface area contributed by atoms with Gasteiger partial charge in [-0.15, -0.1) is 0 Å². The Hall–Kier alpha value is -3.07. The number of morpholine rings is 1. The first kappa shape index (κ1) is 24.1. The molecule has 2 heterocycles. The normalized spacial score (nSPS) is 20.6. The second kappa shape index (κ2) is 10.5. The predicted octanol–water partition coefficient (Wildman–Crippen LogP) is 3.11. The fraction of sp³-hybridized carbons (Fsp3) is 0.360. The first-order valence-corrected chi connectivity index (χ1v) is 11.4. The van der Waals surface area contributed by atoms with Gasteiger partial charge in [-0.25, -0.2) is 0 Å². The van der Waals surface area contributed by atoms with Gasteiger partial charge < -0.3 is 24.2 Å². The third kappa shape index (κ3) is 4.75. The third-order valence-corrected chi connectivity index (χ3v) is 6.36. The molecule has 1 N–H and O–H groups in total. The molecule has 0 aromatic heterocycles. The van der Waals surface area contributed by atoms with E-state index in [2.05, 4.69) is 4.90 Å². The van der Waals surface area contributed by atoms with Crippen molar-refractivity contribution in [3.8, 4) is 11.5 Å². The Balaban J connectivity index is 1.76. The Morgan fingerprint density at radius 2 is 1.79 bits per heavy atom. The zero-order chi connectivity index (χ0) is 24.2. The topological polar surface area (TPSA) is 88.5 Å². The van der Waals surface area contributed by atoms with E-state index >= 15 is 0 Å². The van der Waals surface area contributed by atoms with Crippen LogP contribution in [0.5, 0.6) is 11.5 Å². The molecule has 4 rings (SSSR count). The summed E-state index contributed by atoms with van der Waals surface area (Å²) in [4.78, 5) is 30.0. The first-order chi connectivity index (χ1) is 16.4. The molecule has 2 aliphatic rings. The summed E-state index contributed by atoms with van der Waals surface area (Å²) in [6, 6.07) is 11.0. The Labute approximate surface area is 203 Å². The van der Waals surface area contributed by atoms with Gasteiger partial charge >= 0.3 is 0 Å². The number of likely N-dealkylation sites (tertiary alicyclic amines) is 1. The van der Waals surface area contributed by atoms with Crippen molar-refractivity contribution in [3.63, 3.8) is 0 Å². The minimum atomic E-state index is -0.771. The van der Waals surface area contributed by atoms with E-state index in [4.69, 9.17) is 25.8 Å². The van der Waals surface area contributed by atoms with E-state index in [0.29, 0.717) is 54.0 Å². The highest BCUT2D eigenvalue weighted by Gasteiger charge is 2.46. The van der Waals surface area contributed by atoms with E-state index in [-0.39, 0.29) is 11.3 Å². The number of ketones is 1. The molecule has 2 aromatic rings. The highest BCUT2D eigenvalue weighted by molar-refractivity contribution is 6.46. The molecule has 9 heteroatoms. The zero-order valence-corrected chi connectivity index (χ0v) is 19.9. The van der Waals surface area contributed by atoms with E-state index in [1.807, 2.05) is 0 Å². The van der Waals surface area contributed by atoms with Gasteiger partial charge in [0.2, 0.25) is 0 Å². The fourth-order valence-electron chi connectivity index (χ4n) is 4.35. The summed E-state index contributed by atoms with van der Waals surface area (Å²) in [5.74, 6) is -0.790. The number of aliphatic hydroxyl groups excluding tert-OH is 1. The number of Topliss-reactive ketones (excluding diaryl/α,β-unsaturated/α-hetero) is 1. The van der Waals surface area contributed by atoms with Gasteiger partial charge in [0.05, 0.1) is 39.0 Å². The minimum absolute atomic E-state index is 0.0152. The highest BCUT2D eigenvalue weighted by atomic mass is 35.5. The molecule has 2 fully saturated rings. The summed E-state index contributed by atoms with van der Waals surface area (Å²) in [5.41, 5.74) is 1.01. The summed E-state index contributed by atoms with van der Waals surface area (Å²) >= 11 is 6.24. The Kier molecular flexibility index (Phi) is 7.41. The summed E-state index contributed by atoms with van der Waals surface area (Å²) in [7, 11) is 2.99. The molecule has 34 heavy (non-hydrogen) atoms. The van der Waals surface area contributed by atoms with Gasteiger partial charge in [-0.05, 0) is 35.9 Å². The van der Waals surface area contributed by atoms with Gasteiger partial charge in [0, 0.05) is 36.8 Å². The van der Waals surface area contributed by atoms with Crippen LogP contribution in [0.1, 0.15) is 17.2 Å². The molecular formula is C25H27ClN2O6. The summed E-state index contributed by atoms with van der Waals surface area (Å²) in [6.07, 6.45) is 0. The number of hydrogen-bond donors (Lipinski definition) is 1. The quantitative estimate of drug-likeness (QED) is 0.365. The summed E-state index contributed by atoms with van der Waals surface area (Å²) < 4.78 is 16.0. The molecule has 8 nitrogen and oxygen atoms in total. The van der Waals surface area contributed by atoms with Crippen LogP contribution in [0.15, 0.2) is 48.0 Å². The molecule has 0 radical (unpaired) electrons. The van der Waals surface area contributed by atoms with Crippen molar-refractivity contribution in [1.29, 1.82) is 0 Å². The van der Waals surface area contributed by atoms with Crippen LogP contribution in [0.25, 0.3) is 5.76 Å². The molecule has 0 saturated carbocycles. The number of nitrogens with zero attached hydrogens (tertiary/aromatic N) is 2. The number of amides is 1. The van der Waals surface area contributed by atoms with E-state index < -0.39 is 17.7 Å². The first-order valence-electron chi connectivity index (χ1n) is 11.0. The number of benzene rings is 2. The molecule has 0 bridgehead atoms. The van der Waals surface area contributed by atoms with Crippen LogP contribution in [-0.4, -0.2) is 80.2 Å². The summed E-state index contributed by atoms with van der Waals surface area (Å²) in [5, 5.41) is 11.7. The third-order valence-electron chi connectivity index (χ3n) is 6.12. The van der Waals surface area contributed by atoms with Crippen LogP contribution in [0.3, 0.4) is 0 Å². The highest BCUT2D eigenvalue weighted by Crippen LogP contribution is 2.41. The van der Waals surface area contributed by atoms with Gasteiger partial charge in [0.15, 0.2) is 11.5 Å². The van der Waals surface area contributed by atoms with Gasteiger partial charge in [-0.2, -0.15) is 0 Å². The molecular weight excluding hydrogens is 460 g/mol. The minimum Gasteiger partial charge on any atom is -0.507 e. The maximum absolute atomic E-state index is 13.2. The van der Waals surface area contributed by atoms with Crippen LogP contribution in [-0.2, 0) is 14.3 Å². The van der Waals surface area contributed by atoms with Crippen LogP contribution in [0.4, 0.5) is 0 Å². The fourth-order valence-corrected chi connectivity index (χ4v) is 4.55. The van der Waals surface area contributed by atoms with E-state index in [1.54, 1.807) is 42.5 Å². The van der Waals surface area contributed by atoms with Gasteiger partial charge in [0.25, 0.3) is 11.7 Å². The Morgan fingerprint density at radius 1 is 1.06 bits per heavy atom. The SMILES string of the molecule is COc1ccc(C(O)=C2C(=O)C(=O)N(CCN3CCOCC3)[C@H]2c2cccc(Cl)c2)cc1OC. The Bertz CT molecular complexity index is 1110. The number of hydrogen-bond acceptors (Lipinski definition) is 7. The van der Waals surface area contributed by atoms with Crippen molar-refractivity contribution in [2.75, 3.05) is 53.6 Å². The monoisotopic (exact) mass is 486 g/mol. The zero-order valence-electron chi connectivity index (χ0n) is 19.1. The molecule has 0 unspecified atom stereocenters. The van der Waals surface area contributed by atoms with Crippen molar-refractivity contribution >= 4 is 29.1 Å². The number of methoxy groups -OCH3 is 2. The lowest BCUT2D eigenvalue weighted by atomic mass is 9.95. The van der Waals surface area contributed by atoms with E-state index in [9.17, 15) is 14.7 Å². The van der Waals surface area contributed by atoms with Gasteiger partial charge in [-0.3, -0.25) is 14.5 Å². The number of ether oxygens (including phenoxy) is 3. The number of carbonyl (C=O) groups is 2. The average molecular weight is 487 g/mol. The number of halogens is 1. The largest absolute Gasteiger partial charge is 0.507 e. The van der Waals surface area contributed by atoms with Crippen LogP contribution in [0, 0.1) is 0 Å². The van der Waals surface area contributed by atoms with Crippen molar-refractivity contribution in [1.82, 2.24) is 9.80 Å². The molecule has 180 valence electrons. The van der Waals surface area contributed by atoms with Crippen molar-refractivity contribution in [2.45, 2.75) is 6.04 Å². The van der Waals surface area contributed by atoms with Crippen molar-refractivity contribution < 1.29 is 28.9 Å². The van der Waals surface area contributed by atoms with Crippen LogP contribution >= 0.6 is 11.6 Å².